The molecule has 1 N–H and O–H groups in total. The lowest BCUT2D eigenvalue weighted by molar-refractivity contribution is 0.773. The van der Waals surface area contributed by atoms with Gasteiger partial charge in [-0.25, -0.2) is 4.98 Å². The van der Waals surface area contributed by atoms with E-state index < -0.39 is 0 Å². The Morgan fingerprint density at radius 1 is 1.40 bits per heavy atom. The lowest BCUT2D eigenvalue weighted by Gasteiger charge is -2.06. The molecule has 0 aliphatic heterocycles. The largest absolute Gasteiger partial charge is 0.367 e. The Kier molecular flexibility index (Phi) is 2.15. The van der Waals surface area contributed by atoms with Crippen molar-refractivity contribution in [1.29, 1.82) is 0 Å². The molecule has 1 fully saturated rings. The second-order valence-electron chi connectivity index (χ2n) is 4.81. The van der Waals surface area contributed by atoms with Crippen LogP contribution in [0.3, 0.4) is 0 Å². The minimum Gasteiger partial charge on any atom is -0.367 e. The van der Waals surface area contributed by atoms with Gasteiger partial charge < -0.3 is 5.32 Å². The third-order valence-electron chi connectivity index (χ3n) is 3.71. The molecule has 2 atom stereocenters. The van der Waals surface area contributed by atoms with E-state index in [1.165, 1.54) is 43.4 Å². The van der Waals surface area contributed by atoms with Gasteiger partial charge in [-0.3, -0.25) is 0 Å². The number of aromatic nitrogens is 1. The molecule has 0 radical (unpaired) electrons. The lowest BCUT2D eigenvalue weighted by atomic mass is 10.2. The number of pyridine rings is 1. The van der Waals surface area contributed by atoms with E-state index >= 15 is 0 Å². The van der Waals surface area contributed by atoms with Gasteiger partial charge in [0.15, 0.2) is 0 Å². The van der Waals surface area contributed by atoms with Gasteiger partial charge in [-0.2, -0.15) is 0 Å². The summed E-state index contributed by atoms with van der Waals surface area (Å²) in [6.45, 7) is 2.27. The van der Waals surface area contributed by atoms with Crippen molar-refractivity contribution < 1.29 is 0 Å². The van der Waals surface area contributed by atoms with E-state index in [2.05, 4.69) is 24.4 Å². The highest BCUT2D eigenvalue weighted by Crippen LogP contribution is 2.36. The summed E-state index contributed by atoms with van der Waals surface area (Å²) < 4.78 is 0. The zero-order chi connectivity index (χ0) is 10.3. The first-order chi connectivity index (χ1) is 7.36. The molecule has 0 aromatic carbocycles. The Morgan fingerprint density at radius 2 is 2.33 bits per heavy atom. The van der Waals surface area contributed by atoms with E-state index in [1.54, 1.807) is 0 Å². The molecule has 2 heteroatoms. The van der Waals surface area contributed by atoms with Crippen LogP contribution in [-0.2, 0) is 12.8 Å². The predicted octanol–water partition coefficient (Wildman–Crippen LogP) is 2.78. The average Bonchev–Trinajstić information content (AvgIpc) is 2.84. The van der Waals surface area contributed by atoms with Gasteiger partial charge in [0, 0.05) is 11.7 Å². The summed E-state index contributed by atoms with van der Waals surface area (Å²) in [5.74, 6) is 1.98. The highest BCUT2D eigenvalue weighted by Gasteiger charge is 2.35. The topological polar surface area (TPSA) is 24.9 Å². The second kappa shape index (κ2) is 3.51. The Hall–Kier alpha value is -1.05. The fourth-order valence-electron chi connectivity index (χ4n) is 2.57. The summed E-state index contributed by atoms with van der Waals surface area (Å²) in [5.41, 5.74) is 2.79. The molecule has 3 rings (SSSR count). The van der Waals surface area contributed by atoms with Crippen LogP contribution in [-0.4, -0.2) is 11.0 Å². The number of hydrogen-bond donors (Lipinski definition) is 1. The van der Waals surface area contributed by atoms with Crippen LogP contribution in [0.1, 0.15) is 37.4 Å². The smallest absolute Gasteiger partial charge is 0.126 e. The molecular weight excluding hydrogens is 184 g/mol. The molecule has 0 bridgehead atoms. The van der Waals surface area contributed by atoms with Crippen LogP contribution in [0.4, 0.5) is 5.82 Å². The Labute approximate surface area is 91.1 Å². The van der Waals surface area contributed by atoms with Gasteiger partial charge in [0.2, 0.25) is 0 Å². The predicted molar refractivity (Wildman–Crippen MR) is 62.1 cm³/mol. The van der Waals surface area contributed by atoms with Gasteiger partial charge in [0.05, 0.1) is 0 Å². The van der Waals surface area contributed by atoms with E-state index in [9.17, 15) is 0 Å². The summed E-state index contributed by atoms with van der Waals surface area (Å²) in [5, 5.41) is 3.54. The number of aryl methyl sites for hydroxylation is 2. The summed E-state index contributed by atoms with van der Waals surface area (Å²) >= 11 is 0. The average molecular weight is 202 g/mol. The van der Waals surface area contributed by atoms with Crippen LogP contribution < -0.4 is 5.32 Å². The fraction of sp³-hybridized carbons (Fsp3) is 0.615. The maximum absolute atomic E-state index is 4.69. The number of rotatable bonds is 3. The molecule has 0 spiro atoms. The summed E-state index contributed by atoms with van der Waals surface area (Å²) in [6.07, 6.45) is 6.31. The van der Waals surface area contributed by atoms with Crippen molar-refractivity contribution >= 4 is 5.82 Å². The van der Waals surface area contributed by atoms with Crippen LogP contribution in [0.25, 0.3) is 0 Å². The lowest BCUT2D eigenvalue weighted by Crippen LogP contribution is -2.06. The second-order valence-corrected chi connectivity index (χ2v) is 4.81. The van der Waals surface area contributed by atoms with Gasteiger partial charge >= 0.3 is 0 Å². The number of nitrogens with zero attached hydrogens (tertiary/aromatic N) is 1. The normalized spacial score (nSPS) is 27.5. The highest BCUT2D eigenvalue weighted by atomic mass is 15.1. The van der Waals surface area contributed by atoms with Crippen LogP contribution >= 0.6 is 0 Å². The van der Waals surface area contributed by atoms with E-state index in [-0.39, 0.29) is 0 Å². The van der Waals surface area contributed by atoms with Gasteiger partial charge in [0.25, 0.3) is 0 Å². The quantitative estimate of drug-likeness (QED) is 0.815. The van der Waals surface area contributed by atoms with Gasteiger partial charge in [0.1, 0.15) is 5.82 Å². The van der Waals surface area contributed by atoms with Crippen molar-refractivity contribution in [3.05, 3.63) is 23.4 Å². The van der Waals surface area contributed by atoms with E-state index in [0.717, 1.165) is 11.7 Å². The molecule has 1 aromatic rings. The molecule has 1 aromatic heterocycles. The summed E-state index contributed by atoms with van der Waals surface area (Å²) in [4.78, 5) is 4.69. The third-order valence-corrected chi connectivity index (χ3v) is 3.71. The first-order valence-electron chi connectivity index (χ1n) is 6.12. The maximum atomic E-state index is 4.69. The molecule has 2 unspecified atom stereocenters. The fourth-order valence-corrected chi connectivity index (χ4v) is 2.57. The van der Waals surface area contributed by atoms with Crippen molar-refractivity contribution in [2.24, 2.45) is 5.92 Å². The molecule has 0 saturated heterocycles. The van der Waals surface area contributed by atoms with Crippen molar-refractivity contribution in [2.45, 2.75) is 45.1 Å². The van der Waals surface area contributed by atoms with Crippen molar-refractivity contribution in [1.82, 2.24) is 4.98 Å². The van der Waals surface area contributed by atoms with E-state index in [0.29, 0.717) is 6.04 Å². The summed E-state index contributed by atoms with van der Waals surface area (Å²) in [6, 6.07) is 5.10. The molecule has 1 saturated carbocycles. The molecule has 1 heterocycles. The van der Waals surface area contributed by atoms with Crippen LogP contribution in [0, 0.1) is 5.92 Å². The number of hydrogen-bond acceptors (Lipinski definition) is 2. The van der Waals surface area contributed by atoms with Gasteiger partial charge in [-0.1, -0.05) is 19.4 Å². The van der Waals surface area contributed by atoms with Crippen LogP contribution in [0.15, 0.2) is 12.1 Å². The molecule has 2 aliphatic rings. The first-order valence-corrected chi connectivity index (χ1v) is 6.12. The molecular formula is C13H18N2. The Morgan fingerprint density at radius 3 is 3.13 bits per heavy atom. The van der Waals surface area contributed by atoms with Crippen LogP contribution in [0.2, 0.25) is 0 Å². The third kappa shape index (κ3) is 1.73. The minimum absolute atomic E-state index is 0.696. The summed E-state index contributed by atoms with van der Waals surface area (Å²) in [7, 11) is 0. The molecule has 2 aliphatic carbocycles. The Balaban J connectivity index is 1.71. The first kappa shape index (κ1) is 9.20. The van der Waals surface area contributed by atoms with Crippen LogP contribution in [0.5, 0.6) is 0 Å². The number of anilines is 1. The van der Waals surface area contributed by atoms with Crippen molar-refractivity contribution in [3.8, 4) is 0 Å². The Bertz CT molecular complexity index is 373. The van der Waals surface area contributed by atoms with E-state index in [1.807, 2.05) is 0 Å². The van der Waals surface area contributed by atoms with E-state index in [4.69, 9.17) is 4.98 Å². The standard InChI is InChI=1S/C13H18N2/c1-2-9-8-12(9)15-13-7-6-10-4-3-5-11(10)14-13/h6-7,9,12H,2-5,8H2,1H3,(H,14,15). The zero-order valence-electron chi connectivity index (χ0n) is 9.29. The molecule has 15 heavy (non-hydrogen) atoms. The zero-order valence-corrected chi connectivity index (χ0v) is 9.29. The molecule has 0 amide bonds. The van der Waals surface area contributed by atoms with Gasteiger partial charge in [-0.15, -0.1) is 0 Å². The number of fused-ring (bicyclic) bond motifs is 1. The minimum atomic E-state index is 0.696. The highest BCUT2D eigenvalue weighted by molar-refractivity contribution is 5.42. The van der Waals surface area contributed by atoms with Gasteiger partial charge in [-0.05, 0) is 43.2 Å². The monoisotopic (exact) mass is 202 g/mol. The number of nitrogens with one attached hydrogen (secondary N) is 1. The van der Waals surface area contributed by atoms with Crippen molar-refractivity contribution in [2.75, 3.05) is 5.32 Å². The molecule has 80 valence electrons. The molecule has 2 nitrogen and oxygen atoms in total. The SMILES string of the molecule is CCC1CC1Nc1ccc2c(n1)CCC2. The maximum Gasteiger partial charge on any atom is 0.126 e. The van der Waals surface area contributed by atoms with Crippen molar-refractivity contribution in [3.63, 3.8) is 0 Å².